The van der Waals surface area contributed by atoms with Crippen molar-refractivity contribution >= 4 is 17.7 Å². The molecule has 1 spiro atoms. The highest BCUT2D eigenvalue weighted by Gasteiger charge is 2.38. The molecule has 2 aliphatic rings. The van der Waals surface area contributed by atoms with Crippen LogP contribution in [0.5, 0.6) is 0 Å². The lowest BCUT2D eigenvalue weighted by molar-refractivity contribution is -0.192. The van der Waals surface area contributed by atoms with Gasteiger partial charge in [0.1, 0.15) is 0 Å². The van der Waals surface area contributed by atoms with E-state index in [0.29, 0.717) is 5.41 Å². The van der Waals surface area contributed by atoms with Crippen molar-refractivity contribution in [1.29, 1.82) is 0 Å². The Hall–Kier alpha value is -3.07. The molecule has 0 radical (unpaired) electrons. The summed E-state index contributed by atoms with van der Waals surface area (Å²) in [7, 11) is 0. The number of rotatable bonds is 5. The molecule has 2 aromatic rings. The van der Waals surface area contributed by atoms with Crippen LogP contribution in [0.3, 0.4) is 0 Å². The number of alkyl halides is 3. The molecule has 6 nitrogen and oxygen atoms in total. The van der Waals surface area contributed by atoms with Gasteiger partial charge in [-0.15, -0.1) is 0 Å². The number of carboxylic acids is 1. The number of halogens is 3. The van der Waals surface area contributed by atoms with Gasteiger partial charge in [0.05, 0.1) is 0 Å². The van der Waals surface area contributed by atoms with Gasteiger partial charge in [-0.3, -0.25) is 0 Å². The van der Waals surface area contributed by atoms with Gasteiger partial charge in [-0.1, -0.05) is 42.5 Å². The highest BCUT2D eigenvalue weighted by atomic mass is 19.4. The quantitative estimate of drug-likeness (QED) is 0.544. The van der Waals surface area contributed by atoms with Crippen molar-refractivity contribution in [2.45, 2.75) is 44.7 Å². The summed E-state index contributed by atoms with van der Waals surface area (Å²) in [4.78, 5) is 23.4. The van der Waals surface area contributed by atoms with Gasteiger partial charge in [0.25, 0.3) is 0 Å². The predicted octanol–water partition coefficient (Wildman–Crippen LogP) is 5.10. The number of aliphatic carboxylic acids is 1. The summed E-state index contributed by atoms with van der Waals surface area (Å²) in [6.45, 7) is 3.98. The van der Waals surface area contributed by atoms with Crippen LogP contribution in [0, 0.1) is 5.41 Å². The number of piperidine rings is 1. The van der Waals surface area contributed by atoms with Crippen LogP contribution in [0.25, 0.3) is 0 Å². The largest absolute Gasteiger partial charge is 0.490 e. The lowest BCUT2D eigenvalue weighted by Crippen LogP contribution is -2.45. The molecule has 9 heteroatoms. The number of amides is 2. The second kappa shape index (κ2) is 12.1. The molecular weight excluding hydrogens is 459 g/mol. The van der Waals surface area contributed by atoms with Crippen molar-refractivity contribution in [3.8, 4) is 0 Å². The van der Waals surface area contributed by atoms with Crippen molar-refractivity contribution < 1.29 is 27.9 Å². The normalized spacial score (nSPS) is 16.9. The number of nitrogens with zero attached hydrogens (tertiary/aromatic N) is 1. The number of likely N-dealkylation sites (tertiary alicyclic amines) is 1. The van der Waals surface area contributed by atoms with Crippen LogP contribution in [0.1, 0.15) is 36.8 Å². The number of nitrogens with one attached hydrogen (secondary N) is 2. The Kier molecular flexibility index (Phi) is 9.14. The van der Waals surface area contributed by atoms with Crippen LogP contribution in [-0.2, 0) is 17.6 Å². The summed E-state index contributed by atoms with van der Waals surface area (Å²) in [6.07, 6.45) is 1.71. The third-order valence-electron chi connectivity index (χ3n) is 6.66. The highest BCUT2D eigenvalue weighted by molar-refractivity contribution is 5.89. The number of carboxylic acid groups (broad SMARTS) is 1. The fraction of sp³-hybridized carbons (Fsp3) is 0.462. The number of anilines is 1. The first-order chi connectivity index (χ1) is 16.7. The molecule has 0 aliphatic carbocycles. The zero-order valence-corrected chi connectivity index (χ0v) is 19.6. The summed E-state index contributed by atoms with van der Waals surface area (Å²) in [5.41, 5.74) is 4.04. The fourth-order valence-electron chi connectivity index (χ4n) is 4.51. The van der Waals surface area contributed by atoms with E-state index in [1.165, 1.54) is 17.5 Å². The van der Waals surface area contributed by atoms with E-state index < -0.39 is 12.1 Å². The smallest absolute Gasteiger partial charge is 0.475 e. The van der Waals surface area contributed by atoms with Crippen molar-refractivity contribution in [3.63, 3.8) is 0 Å². The summed E-state index contributed by atoms with van der Waals surface area (Å²) in [5, 5.41) is 13.7. The Bertz CT molecular complexity index is 949. The summed E-state index contributed by atoms with van der Waals surface area (Å²) < 4.78 is 31.7. The molecule has 2 heterocycles. The number of hydrogen-bond donors (Lipinski definition) is 3. The third kappa shape index (κ3) is 8.28. The maximum atomic E-state index is 12.6. The average Bonchev–Trinajstić information content (AvgIpc) is 3.29. The topological polar surface area (TPSA) is 81.7 Å². The molecule has 0 unspecified atom stereocenters. The predicted molar refractivity (Wildman–Crippen MR) is 128 cm³/mol. The average molecular weight is 492 g/mol. The standard InChI is InChI=1S/C24H31N3O.C2HF3O2/c28-23(27-17-14-24(15-18-27)13-16-25-19-24)26-22-11-9-21(10-12-22)8-4-7-20-5-2-1-3-6-20;3-2(4,5)1(6)7/h1-3,5-6,9-12,25H,4,7-8,13-19H2,(H,26,28);(H,6,7). The molecular formula is C26H32F3N3O3. The van der Waals surface area contributed by atoms with Crippen molar-refractivity contribution in [3.05, 3.63) is 65.7 Å². The maximum absolute atomic E-state index is 12.6. The van der Waals surface area contributed by atoms with E-state index in [1.54, 1.807) is 0 Å². The van der Waals surface area contributed by atoms with Gasteiger partial charge in [0, 0.05) is 25.3 Å². The molecule has 0 atom stereocenters. The molecule has 0 saturated carbocycles. The Balaban J connectivity index is 0.000000429. The second-order valence-corrected chi connectivity index (χ2v) is 9.18. The van der Waals surface area contributed by atoms with Crippen LogP contribution < -0.4 is 10.6 Å². The van der Waals surface area contributed by atoms with E-state index in [0.717, 1.165) is 64.0 Å². The lowest BCUT2D eigenvalue weighted by Gasteiger charge is -2.38. The molecule has 4 rings (SSSR count). The van der Waals surface area contributed by atoms with E-state index in [1.807, 2.05) is 17.0 Å². The van der Waals surface area contributed by atoms with Crippen molar-refractivity contribution in [2.75, 3.05) is 31.5 Å². The van der Waals surface area contributed by atoms with E-state index >= 15 is 0 Å². The van der Waals surface area contributed by atoms with E-state index in [9.17, 15) is 18.0 Å². The van der Waals surface area contributed by atoms with Gasteiger partial charge in [0.2, 0.25) is 0 Å². The molecule has 190 valence electrons. The van der Waals surface area contributed by atoms with Crippen molar-refractivity contribution in [2.24, 2.45) is 5.41 Å². The molecule has 2 saturated heterocycles. The summed E-state index contributed by atoms with van der Waals surface area (Å²) >= 11 is 0. The van der Waals surface area contributed by atoms with Gasteiger partial charge in [-0.25, -0.2) is 9.59 Å². The number of aryl methyl sites for hydroxylation is 2. The fourth-order valence-corrected chi connectivity index (χ4v) is 4.51. The Morgan fingerprint density at radius 3 is 2.03 bits per heavy atom. The van der Waals surface area contributed by atoms with E-state index in [-0.39, 0.29) is 6.03 Å². The first kappa shape index (κ1) is 26.5. The van der Waals surface area contributed by atoms with Crippen LogP contribution in [0.4, 0.5) is 23.7 Å². The minimum absolute atomic E-state index is 0.0395. The minimum atomic E-state index is -5.08. The Labute approximate surface area is 203 Å². The summed E-state index contributed by atoms with van der Waals surface area (Å²) in [6, 6.07) is 19.0. The molecule has 0 aromatic heterocycles. The number of benzene rings is 2. The number of hydrogen-bond acceptors (Lipinski definition) is 3. The monoisotopic (exact) mass is 491 g/mol. The molecule has 2 aliphatic heterocycles. The van der Waals surface area contributed by atoms with Crippen LogP contribution in [-0.4, -0.2) is 54.4 Å². The first-order valence-electron chi connectivity index (χ1n) is 11.9. The Morgan fingerprint density at radius 2 is 1.51 bits per heavy atom. The van der Waals surface area contributed by atoms with Crippen LogP contribution in [0.2, 0.25) is 0 Å². The van der Waals surface area contributed by atoms with E-state index in [4.69, 9.17) is 9.90 Å². The SMILES string of the molecule is O=C(Nc1ccc(CCCc2ccccc2)cc1)N1CCC2(CCNC2)CC1.O=C(O)C(F)(F)F. The second-order valence-electron chi connectivity index (χ2n) is 9.18. The van der Waals surface area contributed by atoms with E-state index in [2.05, 4.69) is 53.1 Å². The first-order valence-corrected chi connectivity index (χ1v) is 11.9. The number of carbonyl (C=O) groups is 2. The minimum Gasteiger partial charge on any atom is -0.475 e. The molecule has 35 heavy (non-hydrogen) atoms. The zero-order valence-electron chi connectivity index (χ0n) is 19.6. The van der Waals surface area contributed by atoms with Crippen LogP contribution >= 0.6 is 0 Å². The zero-order chi connectivity index (χ0) is 25.3. The third-order valence-corrected chi connectivity index (χ3v) is 6.66. The van der Waals surface area contributed by atoms with Gasteiger partial charge in [-0.2, -0.15) is 13.2 Å². The highest BCUT2D eigenvalue weighted by Crippen LogP contribution is 2.37. The number of carbonyl (C=O) groups excluding carboxylic acids is 1. The number of urea groups is 1. The van der Waals surface area contributed by atoms with Crippen molar-refractivity contribution in [1.82, 2.24) is 10.2 Å². The maximum Gasteiger partial charge on any atom is 0.490 e. The van der Waals surface area contributed by atoms with Gasteiger partial charge >= 0.3 is 18.2 Å². The lowest BCUT2D eigenvalue weighted by atomic mass is 9.78. The summed E-state index contributed by atoms with van der Waals surface area (Å²) in [5.74, 6) is -2.76. The Morgan fingerprint density at radius 1 is 0.943 bits per heavy atom. The molecule has 3 N–H and O–H groups in total. The molecule has 2 aromatic carbocycles. The molecule has 2 amide bonds. The van der Waals surface area contributed by atoms with Crippen LogP contribution in [0.15, 0.2) is 54.6 Å². The van der Waals surface area contributed by atoms with Gasteiger partial charge < -0.3 is 20.6 Å². The molecule has 0 bridgehead atoms. The van der Waals surface area contributed by atoms with Gasteiger partial charge in [-0.05, 0) is 73.7 Å². The van der Waals surface area contributed by atoms with Gasteiger partial charge in [0.15, 0.2) is 0 Å². The molecule has 2 fully saturated rings.